The number of piperidine rings is 1. The van der Waals surface area contributed by atoms with Gasteiger partial charge in [-0.15, -0.1) is 0 Å². The number of benzene rings is 1. The van der Waals surface area contributed by atoms with Gasteiger partial charge in [-0.2, -0.15) is 13.2 Å². The molecule has 2 aliphatic heterocycles. The number of nitrogens with zero attached hydrogens (tertiary/aromatic N) is 3. The average Bonchev–Trinajstić information content (AvgIpc) is 3.62. The summed E-state index contributed by atoms with van der Waals surface area (Å²) in [4.78, 5) is 43.0. The smallest absolute Gasteiger partial charge is 0.409 e. The van der Waals surface area contributed by atoms with Crippen LogP contribution in [0.4, 0.5) is 18.0 Å². The summed E-state index contributed by atoms with van der Waals surface area (Å²) in [5, 5.41) is 0.678. The highest BCUT2D eigenvalue weighted by atomic mass is 35.5. The van der Waals surface area contributed by atoms with Crippen LogP contribution in [0.3, 0.4) is 0 Å². The fourth-order valence-electron chi connectivity index (χ4n) is 4.94. The number of likely N-dealkylation sites (tertiary alicyclic amines) is 2. The van der Waals surface area contributed by atoms with E-state index in [1.807, 2.05) is 6.08 Å². The molecule has 3 aliphatic rings. The second kappa shape index (κ2) is 11.1. The van der Waals surface area contributed by atoms with Crippen molar-refractivity contribution in [3.8, 4) is 0 Å². The lowest BCUT2D eigenvalue weighted by molar-refractivity contribution is -0.142. The van der Waals surface area contributed by atoms with Crippen LogP contribution >= 0.6 is 23.2 Å². The molecule has 0 bridgehead atoms. The van der Waals surface area contributed by atoms with Gasteiger partial charge in [-0.3, -0.25) is 9.59 Å². The molecule has 4 rings (SSSR count). The van der Waals surface area contributed by atoms with Crippen LogP contribution in [0, 0.1) is 5.92 Å². The lowest BCUT2D eigenvalue weighted by atomic mass is 9.93. The second-order valence-electron chi connectivity index (χ2n) is 9.68. The first-order chi connectivity index (χ1) is 17.4. The minimum Gasteiger partial charge on any atom is -0.449 e. The van der Waals surface area contributed by atoms with Crippen molar-refractivity contribution in [2.24, 2.45) is 5.92 Å². The van der Waals surface area contributed by atoms with E-state index in [2.05, 4.69) is 0 Å². The molecule has 0 aromatic heterocycles. The fraction of sp³-hybridized carbons (Fsp3) is 0.560. The Bertz CT molecular complexity index is 1090. The molecule has 2 fully saturated rings. The van der Waals surface area contributed by atoms with Gasteiger partial charge in [-0.1, -0.05) is 35.3 Å². The number of hydrogen-bond acceptors (Lipinski definition) is 4. The van der Waals surface area contributed by atoms with Gasteiger partial charge in [0.15, 0.2) is 0 Å². The molecule has 2 atom stereocenters. The number of carbonyl (C=O) groups is 3. The summed E-state index contributed by atoms with van der Waals surface area (Å²) in [6.45, 7) is 0.721. The highest BCUT2D eigenvalue weighted by Crippen LogP contribution is 2.36. The molecular formula is C25H28Cl2F3N3O4. The molecule has 0 unspecified atom stereocenters. The quantitative estimate of drug-likeness (QED) is 0.496. The van der Waals surface area contributed by atoms with Gasteiger partial charge in [0, 0.05) is 50.6 Å². The van der Waals surface area contributed by atoms with Gasteiger partial charge in [0.2, 0.25) is 11.8 Å². The number of allylic oxidation sites excluding steroid dienone is 1. The van der Waals surface area contributed by atoms with Crippen molar-refractivity contribution >= 4 is 41.1 Å². The Morgan fingerprint density at radius 1 is 1.08 bits per heavy atom. The largest absolute Gasteiger partial charge is 0.449 e. The van der Waals surface area contributed by atoms with E-state index in [0.29, 0.717) is 42.5 Å². The summed E-state index contributed by atoms with van der Waals surface area (Å²) < 4.78 is 42.3. The Kier molecular flexibility index (Phi) is 8.28. The van der Waals surface area contributed by atoms with Crippen molar-refractivity contribution in [2.45, 2.75) is 43.8 Å². The molecule has 1 aromatic rings. The van der Waals surface area contributed by atoms with E-state index in [1.165, 1.54) is 11.9 Å². The van der Waals surface area contributed by atoms with E-state index >= 15 is 0 Å². The summed E-state index contributed by atoms with van der Waals surface area (Å²) in [5.41, 5.74) is 1.57. The maximum Gasteiger partial charge on any atom is 0.409 e. The van der Waals surface area contributed by atoms with Gasteiger partial charge in [0.05, 0.1) is 22.5 Å². The molecule has 0 saturated carbocycles. The number of ether oxygens (including phenoxy) is 1. The standard InChI is InChI=1S/C25H28Cl2F3N3O4/c1-31(24(36)37-11-8-25(28,29)30)21-14-33(13-18(21)17-4-5-19(26)20(27)12-17)23(35)16-6-9-32(10-7-16)22(34)15-2-3-15/h2,4-5,12,16,18,21H,3,6-11,13-14H2,1H3/t18-,21+/m1/s1. The van der Waals surface area contributed by atoms with Crippen LogP contribution in [-0.4, -0.2) is 84.7 Å². The zero-order chi connectivity index (χ0) is 26.9. The van der Waals surface area contributed by atoms with Crippen molar-refractivity contribution in [2.75, 3.05) is 39.8 Å². The van der Waals surface area contributed by atoms with E-state index in [-0.39, 0.29) is 30.2 Å². The molecule has 2 heterocycles. The Hall–Kier alpha value is -2.46. The third-order valence-corrected chi connectivity index (χ3v) is 7.92. The zero-order valence-electron chi connectivity index (χ0n) is 20.3. The Labute approximate surface area is 223 Å². The van der Waals surface area contributed by atoms with Crippen LogP contribution in [-0.2, 0) is 14.3 Å². The van der Waals surface area contributed by atoms with Crippen molar-refractivity contribution < 1.29 is 32.3 Å². The number of likely N-dealkylation sites (N-methyl/N-ethyl adjacent to an activating group) is 1. The molecule has 12 heteroatoms. The van der Waals surface area contributed by atoms with Gasteiger partial charge in [-0.25, -0.2) is 4.79 Å². The molecule has 0 radical (unpaired) electrons. The normalized spacial score (nSPS) is 22.1. The minimum absolute atomic E-state index is 0.0393. The third-order valence-electron chi connectivity index (χ3n) is 7.18. The highest BCUT2D eigenvalue weighted by molar-refractivity contribution is 6.42. The topological polar surface area (TPSA) is 70.2 Å². The molecule has 2 saturated heterocycles. The van der Waals surface area contributed by atoms with Crippen LogP contribution in [0.5, 0.6) is 0 Å². The van der Waals surface area contributed by atoms with E-state index < -0.39 is 31.3 Å². The van der Waals surface area contributed by atoms with Crippen LogP contribution in [0.1, 0.15) is 37.2 Å². The Morgan fingerprint density at radius 2 is 1.76 bits per heavy atom. The van der Waals surface area contributed by atoms with Gasteiger partial charge in [0.25, 0.3) is 0 Å². The summed E-state index contributed by atoms with van der Waals surface area (Å²) in [6.07, 6.45) is -2.86. The van der Waals surface area contributed by atoms with Crippen LogP contribution in [0.25, 0.3) is 0 Å². The first kappa shape index (κ1) is 27.6. The number of rotatable bonds is 6. The van der Waals surface area contributed by atoms with E-state index in [1.54, 1.807) is 28.0 Å². The molecule has 202 valence electrons. The highest BCUT2D eigenvalue weighted by Gasteiger charge is 2.43. The number of amides is 3. The van der Waals surface area contributed by atoms with Crippen molar-refractivity contribution in [1.82, 2.24) is 14.7 Å². The zero-order valence-corrected chi connectivity index (χ0v) is 21.8. The molecule has 1 aromatic carbocycles. The molecule has 0 spiro atoms. The summed E-state index contributed by atoms with van der Waals surface area (Å²) in [5.74, 6) is -0.626. The van der Waals surface area contributed by atoms with E-state index in [0.717, 1.165) is 17.6 Å². The second-order valence-corrected chi connectivity index (χ2v) is 10.5. The van der Waals surface area contributed by atoms with Crippen LogP contribution in [0.2, 0.25) is 10.0 Å². The monoisotopic (exact) mass is 561 g/mol. The lowest BCUT2D eigenvalue weighted by Crippen LogP contribution is -2.45. The maximum atomic E-state index is 13.4. The Morgan fingerprint density at radius 3 is 2.35 bits per heavy atom. The molecule has 7 nitrogen and oxygen atoms in total. The van der Waals surface area contributed by atoms with Gasteiger partial charge < -0.3 is 19.4 Å². The molecule has 3 amide bonds. The van der Waals surface area contributed by atoms with Crippen LogP contribution in [0.15, 0.2) is 29.8 Å². The predicted octanol–water partition coefficient (Wildman–Crippen LogP) is 4.88. The summed E-state index contributed by atoms with van der Waals surface area (Å²) in [7, 11) is 1.45. The summed E-state index contributed by atoms with van der Waals surface area (Å²) >= 11 is 12.3. The molecule has 1 aliphatic carbocycles. The van der Waals surface area contributed by atoms with Crippen LogP contribution < -0.4 is 0 Å². The predicted molar refractivity (Wildman–Crippen MR) is 131 cm³/mol. The van der Waals surface area contributed by atoms with Gasteiger partial charge in [0.1, 0.15) is 6.61 Å². The van der Waals surface area contributed by atoms with Crippen molar-refractivity contribution in [3.05, 3.63) is 45.5 Å². The number of alkyl halides is 3. The van der Waals surface area contributed by atoms with Crippen molar-refractivity contribution in [1.29, 1.82) is 0 Å². The Balaban J connectivity index is 1.45. The molecular weight excluding hydrogens is 534 g/mol. The third kappa shape index (κ3) is 6.71. The van der Waals surface area contributed by atoms with Gasteiger partial charge >= 0.3 is 12.3 Å². The first-order valence-electron chi connectivity index (χ1n) is 12.1. The lowest BCUT2D eigenvalue weighted by Gasteiger charge is -2.33. The molecule has 37 heavy (non-hydrogen) atoms. The first-order valence-corrected chi connectivity index (χ1v) is 12.9. The van der Waals surface area contributed by atoms with E-state index in [4.69, 9.17) is 27.9 Å². The number of carbonyl (C=O) groups excluding carboxylic acids is 3. The fourth-order valence-corrected chi connectivity index (χ4v) is 5.24. The van der Waals surface area contributed by atoms with Gasteiger partial charge in [-0.05, 0) is 37.0 Å². The van der Waals surface area contributed by atoms with E-state index in [9.17, 15) is 27.6 Å². The maximum absolute atomic E-state index is 13.4. The SMILES string of the molecule is CN(C(=O)OCCC(F)(F)F)[C@H]1CN(C(=O)C2CCN(C(=O)C3=CC3)CC2)C[C@@H]1c1ccc(Cl)c(Cl)c1. The van der Waals surface area contributed by atoms with Crippen molar-refractivity contribution in [3.63, 3.8) is 0 Å². The summed E-state index contributed by atoms with van der Waals surface area (Å²) in [6, 6.07) is 4.53. The minimum atomic E-state index is -4.44. The number of hydrogen-bond donors (Lipinski definition) is 0. The number of halogens is 5. The average molecular weight is 562 g/mol. The molecule has 0 N–H and O–H groups in total.